The molecule has 0 radical (unpaired) electrons. The fraction of sp³-hybridized carbons (Fsp3) is 0.889. The van der Waals surface area contributed by atoms with Gasteiger partial charge in [0.15, 0.2) is 0 Å². The monoisotopic (exact) mass is 199 g/mol. The van der Waals surface area contributed by atoms with Crippen molar-refractivity contribution >= 4 is 5.91 Å². The first-order chi connectivity index (χ1) is 6.77. The maximum atomic E-state index is 10.9. The number of carbonyl (C=O) groups excluding carboxylic acids is 1. The molecule has 0 aromatic heterocycles. The molecule has 2 unspecified atom stereocenters. The Kier molecular flexibility index (Phi) is 3.00. The Morgan fingerprint density at radius 1 is 1.43 bits per heavy atom. The van der Waals surface area contributed by atoms with E-state index in [1.54, 1.807) is 0 Å². The largest absolute Gasteiger partial charge is 0.379 e. The van der Waals surface area contributed by atoms with Gasteiger partial charge < -0.3 is 15.8 Å². The number of morpholine rings is 1. The number of carbonyl (C=O) groups is 1. The van der Waals surface area contributed by atoms with Crippen molar-refractivity contribution in [1.29, 1.82) is 0 Å². The molecule has 0 saturated carbocycles. The van der Waals surface area contributed by atoms with E-state index in [9.17, 15) is 4.79 Å². The van der Waals surface area contributed by atoms with E-state index in [1.165, 1.54) is 0 Å². The predicted molar refractivity (Wildman–Crippen MR) is 51.8 cm³/mol. The maximum absolute atomic E-state index is 10.9. The molecule has 0 bridgehead atoms. The number of nitrogens with one attached hydrogen (secondary N) is 1. The predicted octanol–water partition coefficient (Wildman–Crippen LogP) is -1.47. The first-order valence-electron chi connectivity index (χ1n) is 5.12. The summed E-state index contributed by atoms with van der Waals surface area (Å²) in [5, 5.41) is 3.15. The van der Waals surface area contributed by atoms with Crippen molar-refractivity contribution in [2.75, 3.05) is 32.8 Å². The fourth-order valence-electron chi connectivity index (χ4n) is 2.15. The van der Waals surface area contributed by atoms with Crippen molar-refractivity contribution in [3.05, 3.63) is 0 Å². The number of ether oxygens (including phenoxy) is 1. The summed E-state index contributed by atoms with van der Waals surface area (Å²) in [6.45, 7) is 4.42. The maximum Gasteiger partial charge on any atom is 0.234 e. The van der Waals surface area contributed by atoms with Gasteiger partial charge in [-0.25, -0.2) is 0 Å². The summed E-state index contributed by atoms with van der Waals surface area (Å²) in [4.78, 5) is 13.3. The summed E-state index contributed by atoms with van der Waals surface area (Å²) in [7, 11) is 0. The highest BCUT2D eigenvalue weighted by Crippen LogP contribution is 2.14. The van der Waals surface area contributed by atoms with Gasteiger partial charge in [0, 0.05) is 25.7 Å². The number of nitrogens with zero attached hydrogens (tertiary/aromatic N) is 1. The molecule has 2 aliphatic rings. The Labute approximate surface area is 83.6 Å². The van der Waals surface area contributed by atoms with E-state index in [-0.39, 0.29) is 11.9 Å². The summed E-state index contributed by atoms with van der Waals surface area (Å²) < 4.78 is 5.28. The van der Waals surface area contributed by atoms with Crippen molar-refractivity contribution in [3.8, 4) is 0 Å². The molecule has 1 amide bonds. The molecule has 14 heavy (non-hydrogen) atoms. The number of amides is 1. The Hall–Kier alpha value is -0.650. The number of rotatable bonds is 2. The molecule has 3 N–H and O–H groups in total. The van der Waals surface area contributed by atoms with E-state index in [0.29, 0.717) is 6.04 Å². The SMILES string of the molecule is NC(=O)C1CC(N2CCOCC2)CN1. The summed E-state index contributed by atoms with van der Waals surface area (Å²) in [5.74, 6) is -0.235. The molecule has 2 saturated heterocycles. The number of hydrogen-bond donors (Lipinski definition) is 2. The second-order valence-corrected chi connectivity index (χ2v) is 3.90. The van der Waals surface area contributed by atoms with Crippen LogP contribution >= 0.6 is 0 Å². The van der Waals surface area contributed by atoms with Gasteiger partial charge in [-0.1, -0.05) is 0 Å². The zero-order valence-electron chi connectivity index (χ0n) is 8.24. The van der Waals surface area contributed by atoms with Crippen LogP contribution in [0.15, 0.2) is 0 Å². The minimum absolute atomic E-state index is 0.136. The Balaban J connectivity index is 1.85. The molecule has 2 aliphatic heterocycles. The van der Waals surface area contributed by atoms with Crippen LogP contribution in [0.1, 0.15) is 6.42 Å². The molecular formula is C9H17N3O2. The number of primary amides is 1. The smallest absolute Gasteiger partial charge is 0.234 e. The summed E-state index contributed by atoms with van der Waals surface area (Å²) in [6.07, 6.45) is 0.843. The van der Waals surface area contributed by atoms with Crippen LogP contribution in [0.2, 0.25) is 0 Å². The minimum Gasteiger partial charge on any atom is -0.379 e. The average molecular weight is 199 g/mol. The van der Waals surface area contributed by atoms with E-state index in [4.69, 9.17) is 10.5 Å². The Morgan fingerprint density at radius 3 is 2.71 bits per heavy atom. The Bertz CT molecular complexity index is 216. The first-order valence-corrected chi connectivity index (χ1v) is 5.12. The lowest BCUT2D eigenvalue weighted by Crippen LogP contribution is -2.44. The lowest BCUT2D eigenvalue weighted by molar-refractivity contribution is -0.119. The van der Waals surface area contributed by atoms with Gasteiger partial charge in [0.25, 0.3) is 0 Å². The Morgan fingerprint density at radius 2 is 2.14 bits per heavy atom. The van der Waals surface area contributed by atoms with Gasteiger partial charge in [0.2, 0.25) is 5.91 Å². The molecule has 0 aromatic carbocycles. The third kappa shape index (κ3) is 2.05. The normalized spacial score (nSPS) is 34.6. The second-order valence-electron chi connectivity index (χ2n) is 3.90. The summed E-state index contributed by atoms with van der Waals surface area (Å²) in [6, 6.07) is 0.319. The highest BCUT2D eigenvalue weighted by Gasteiger charge is 2.32. The van der Waals surface area contributed by atoms with Crippen LogP contribution in [0.3, 0.4) is 0 Å². The molecule has 0 aliphatic carbocycles. The average Bonchev–Trinajstić information content (AvgIpc) is 2.68. The van der Waals surface area contributed by atoms with Crippen LogP contribution in [0.4, 0.5) is 0 Å². The quantitative estimate of drug-likeness (QED) is 0.570. The molecule has 2 rings (SSSR count). The third-order valence-corrected chi connectivity index (χ3v) is 3.01. The molecule has 5 heteroatoms. The molecule has 2 heterocycles. The van der Waals surface area contributed by atoms with Crippen LogP contribution in [0, 0.1) is 0 Å². The van der Waals surface area contributed by atoms with Crippen LogP contribution in [-0.4, -0.2) is 55.7 Å². The fourth-order valence-corrected chi connectivity index (χ4v) is 2.15. The van der Waals surface area contributed by atoms with Crippen molar-refractivity contribution in [2.24, 2.45) is 5.73 Å². The standard InChI is InChI=1S/C9H17N3O2/c10-9(13)8-5-7(6-11-8)12-1-3-14-4-2-12/h7-8,11H,1-6H2,(H2,10,13). The molecule has 5 nitrogen and oxygen atoms in total. The highest BCUT2D eigenvalue weighted by molar-refractivity contribution is 5.80. The van der Waals surface area contributed by atoms with E-state index in [1.807, 2.05) is 0 Å². The van der Waals surface area contributed by atoms with Gasteiger partial charge in [0.1, 0.15) is 0 Å². The lowest BCUT2D eigenvalue weighted by Gasteiger charge is -2.31. The van der Waals surface area contributed by atoms with Crippen LogP contribution < -0.4 is 11.1 Å². The van der Waals surface area contributed by atoms with E-state index in [2.05, 4.69) is 10.2 Å². The van der Waals surface area contributed by atoms with E-state index < -0.39 is 0 Å². The number of hydrogen-bond acceptors (Lipinski definition) is 4. The second kappa shape index (κ2) is 4.25. The number of nitrogens with two attached hydrogens (primary N) is 1. The molecule has 2 fully saturated rings. The van der Waals surface area contributed by atoms with Gasteiger partial charge in [-0.15, -0.1) is 0 Å². The van der Waals surface area contributed by atoms with Crippen LogP contribution in [-0.2, 0) is 9.53 Å². The van der Waals surface area contributed by atoms with Crippen molar-refractivity contribution in [1.82, 2.24) is 10.2 Å². The van der Waals surface area contributed by atoms with Gasteiger partial charge in [0.05, 0.1) is 19.3 Å². The summed E-state index contributed by atoms with van der Waals surface area (Å²) in [5.41, 5.74) is 5.24. The van der Waals surface area contributed by atoms with Gasteiger partial charge in [-0.05, 0) is 6.42 Å². The summed E-state index contributed by atoms with van der Waals surface area (Å²) >= 11 is 0. The molecule has 80 valence electrons. The molecule has 2 atom stereocenters. The minimum atomic E-state index is -0.235. The highest BCUT2D eigenvalue weighted by atomic mass is 16.5. The van der Waals surface area contributed by atoms with Gasteiger partial charge in [-0.2, -0.15) is 0 Å². The zero-order valence-corrected chi connectivity index (χ0v) is 8.24. The van der Waals surface area contributed by atoms with Crippen LogP contribution in [0.5, 0.6) is 0 Å². The van der Waals surface area contributed by atoms with Crippen molar-refractivity contribution < 1.29 is 9.53 Å². The zero-order chi connectivity index (χ0) is 9.97. The molecule has 0 spiro atoms. The molecular weight excluding hydrogens is 182 g/mol. The molecule has 0 aromatic rings. The lowest BCUT2D eigenvalue weighted by atomic mass is 10.1. The van der Waals surface area contributed by atoms with Gasteiger partial charge in [-0.3, -0.25) is 9.69 Å². The van der Waals surface area contributed by atoms with E-state index >= 15 is 0 Å². The van der Waals surface area contributed by atoms with Gasteiger partial charge >= 0.3 is 0 Å². The third-order valence-electron chi connectivity index (χ3n) is 3.01. The first kappa shape index (κ1) is 9.89. The van der Waals surface area contributed by atoms with Crippen LogP contribution in [0.25, 0.3) is 0 Å². The van der Waals surface area contributed by atoms with Crippen molar-refractivity contribution in [2.45, 2.75) is 18.5 Å². The topological polar surface area (TPSA) is 67.6 Å². The van der Waals surface area contributed by atoms with Crippen molar-refractivity contribution in [3.63, 3.8) is 0 Å². The van der Waals surface area contributed by atoms with E-state index in [0.717, 1.165) is 39.3 Å².